The molecule has 17 heavy (non-hydrogen) atoms. The average molecular weight is 230 g/mol. The van der Waals surface area contributed by atoms with E-state index in [4.69, 9.17) is 5.84 Å². The van der Waals surface area contributed by atoms with Gasteiger partial charge in [-0.15, -0.1) is 5.11 Å². The summed E-state index contributed by atoms with van der Waals surface area (Å²) in [5, 5.41) is 7.11. The van der Waals surface area contributed by atoms with E-state index in [0.29, 0.717) is 0 Å². The van der Waals surface area contributed by atoms with Gasteiger partial charge in [-0.2, -0.15) is 0 Å². The highest BCUT2D eigenvalue weighted by molar-refractivity contribution is 5.79. The molecular formula is C11H14N6. The van der Waals surface area contributed by atoms with Gasteiger partial charge in [-0.25, -0.2) is 4.98 Å². The van der Waals surface area contributed by atoms with Crippen molar-refractivity contribution in [1.29, 1.82) is 0 Å². The third-order valence-corrected chi connectivity index (χ3v) is 3.10. The molecule has 0 atom stereocenters. The van der Waals surface area contributed by atoms with Crippen LogP contribution in [-0.2, 0) is 13.1 Å². The Morgan fingerprint density at radius 1 is 1.35 bits per heavy atom. The maximum Gasteiger partial charge on any atom is 0.124 e. The van der Waals surface area contributed by atoms with E-state index in [9.17, 15) is 0 Å². The summed E-state index contributed by atoms with van der Waals surface area (Å²) in [5.74, 6) is 6.15. The van der Waals surface area contributed by atoms with Gasteiger partial charge < -0.3 is 10.4 Å². The summed E-state index contributed by atoms with van der Waals surface area (Å²) in [6, 6.07) is 5.85. The molecule has 0 aliphatic carbocycles. The van der Waals surface area contributed by atoms with Gasteiger partial charge >= 0.3 is 0 Å². The molecule has 6 nitrogen and oxygen atoms in total. The molecule has 88 valence electrons. The van der Waals surface area contributed by atoms with Crippen molar-refractivity contribution in [2.45, 2.75) is 13.1 Å². The van der Waals surface area contributed by atoms with Crippen molar-refractivity contribution in [3.05, 3.63) is 24.0 Å². The van der Waals surface area contributed by atoms with Gasteiger partial charge in [0.1, 0.15) is 5.82 Å². The Hall–Kier alpha value is -1.95. The molecule has 3 rings (SSSR count). The van der Waals surface area contributed by atoms with Gasteiger partial charge in [0.25, 0.3) is 0 Å². The van der Waals surface area contributed by atoms with Crippen molar-refractivity contribution >= 4 is 16.7 Å². The summed E-state index contributed by atoms with van der Waals surface area (Å²) in [4.78, 5) is 6.89. The fraction of sp³-hybridized carbons (Fsp3) is 0.364. The molecule has 0 spiro atoms. The molecule has 1 aliphatic heterocycles. The fourth-order valence-corrected chi connectivity index (χ4v) is 2.26. The Kier molecular flexibility index (Phi) is 2.29. The molecule has 1 aromatic carbocycles. The van der Waals surface area contributed by atoms with E-state index in [1.807, 2.05) is 18.2 Å². The topological polar surface area (TPSA) is 71.8 Å². The highest BCUT2D eigenvalue weighted by atomic mass is 15.3. The number of likely N-dealkylation sites (N-methyl/N-ethyl adjacent to an activating group) is 1. The molecule has 0 amide bonds. The van der Waals surface area contributed by atoms with Gasteiger partial charge in [0.05, 0.1) is 23.3 Å². The minimum atomic E-state index is 0.740. The highest BCUT2D eigenvalue weighted by Crippen LogP contribution is 2.24. The van der Waals surface area contributed by atoms with Crippen LogP contribution in [0.15, 0.2) is 28.5 Å². The molecule has 0 radical (unpaired) electrons. The number of nitrogens with zero attached hydrogens (tertiary/aromatic N) is 5. The van der Waals surface area contributed by atoms with E-state index in [1.165, 1.54) is 0 Å². The monoisotopic (exact) mass is 230 g/mol. The van der Waals surface area contributed by atoms with Crippen LogP contribution in [0, 0.1) is 0 Å². The molecule has 1 aromatic heterocycles. The minimum Gasteiger partial charge on any atom is -0.326 e. The molecule has 0 saturated carbocycles. The van der Waals surface area contributed by atoms with E-state index in [-0.39, 0.29) is 0 Å². The van der Waals surface area contributed by atoms with Crippen LogP contribution in [0.25, 0.3) is 11.0 Å². The molecule has 2 N–H and O–H groups in total. The molecule has 6 heteroatoms. The average Bonchev–Trinajstić information content (AvgIpc) is 2.65. The maximum absolute atomic E-state index is 5.05. The third-order valence-electron chi connectivity index (χ3n) is 3.10. The Bertz CT molecular complexity index is 585. The normalized spacial score (nSPS) is 16.8. The summed E-state index contributed by atoms with van der Waals surface area (Å²) in [6.07, 6.45) is 0. The Balaban J connectivity index is 2.14. The second kappa shape index (κ2) is 3.81. The molecule has 0 bridgehead atoms. The zero-order valence-electron chi connectivity index (χ0n) is 9.67. The van der Waals surface area contributed by atoms with Crippen LogP contribution in [0.5, 0.6) is 0 Å². The first-order valence-electron chi connectivity index (χ1n) is 5.56. The Morgan fingerprint density at radius 3 is 3.06 bits per heavy atom. The summed E-state index contributed by atoms with van der Waals surface area (Å²) in [7, 11) is 2.11. The summed E-state index contributed by atoms with van der Waals surface area (Å²) in [6.45, 7) is 2.94. The van der Waals surface area contributed by atoms with Crippen molar-refractivity contribution in [1.82, 2.24) is 14.5 Å². The van der Waals surface area contributed by atoms with Gasteiger partial charge in [-0.05, 0) is 25.2 Å². The van der Waals surface area contributed by atoms with Gasteiger partial charge in [0, 0.05) is 13.1 Å². The van der Waals surface area contributed by atoms with Crippen LogP contribution in [0.1, 0.15) is 5.82 Å². The molecule has 1 aliphatic rings. The summed E-state index contributed by atoms with van der Waals surface area (Å²) >= 11 is 0. The first kappa shape index (κ1) is 10.2. The fourth-order valence-electron chi connectivity index (χ4n) is 2.26. The van der Waals surface area contributed by atoms with Crippen LogP contribution in [0.3, 0.4) is 0 Å². The second-order valence-electron chi connectivity index (χ2n) is 4.31. The van der Waals surface area contributed by atoms with Gasteiger partial charge in [0.2, 0.25) is 0 Å². The lowest BCUT2D eigenvalue weighted by atomic mass is 10.3. The second-order valence-corrected chi connectivity index (χ2v) is 4.31. The smallest absolute Gasteiger partial charge is 0.124 e. The van der Waals surface area contributed by atoms with E-state index < -0.39 is 0 Å². The lowest BCUT2D eigenvalue weighted by molar-refractivity contribution is 0.267. The quantitative estimate of drug-likeness (QED) is 0.457. The lowest BCUT2D eigenvalue weighted by Crippen LogP contribution is -2.30. The highest BCUT2D eigenvalue weighted by Gasteiger charge is 2.17. The van der Waals surface area contributed by atoms with Gasteiger partial charge in [0.15, 0.2) is 0 Å². The maximum atomic E-state index is 5.05. The summed E-state index contributed by atoms with van der Waals surface area (Å²) in [5.41, 5.74) is 2.85. The third kappa shape index (κ3) is 1.66. The number of imidazole rings is 1. The molecule has 2 aromatic rings. The number of rotatable bonds is 1. The first-order valence-corrected chi connectivity index (χ1v) is 5.56. The molecule has 0 unspecified atom stereocenters. The van der Waals surface area contributed by atoms with E-state index in [1.54, 1.807) is 0 Å². The van der Waals surface area contributed by atoms with Crippen LogP contribution >= 0.6 is 0 Å². The van der Waals surface area contributed by atoms with Gasteiger partial charge in [-0.3, -0.25) is 4.90 Å². The standard InChI is InChI=1S/C11H14N6/c1-16-4-5-17-10-3-2-8(14-15-12)6-9(10)13-11(17)7-16/h2-3,6H,4-5,7H2,1H3,(H2,12,14). The summed E-state index contributed by atoms with van der Waals surface area (Å²) < 4.78 is 2.26. The van der Waals surface area contributed by atoms with Gasteiger partial charge in [-0.1, -0.05) is 5.22 Å². The Labute approximate surface area is 98.7 Å². The van der Waals surface area contributed by atoms with Crippen molar-refractivity contribution in [3.8, 4) is 0 Å². The number of fused-ring (bicyclic) bond motifs is 3. The van der Waals surface area contributed by atoms with Crippen molar-refractivity contribution < 1.29 is 0 Å². The predicted molar refractivity (Wildman–Crippen MR) is 64.8 cm³/mol. The van der Waals surface area contributed by atoms with Crippen LogP contribution < -0.4 is 5.84 Å². The van der Waals surface area contributed by atoms with Crippen molar-refractivity contribution in [2.24, 2.45) is 16.2 Å². The lowest BCUT2D eigenvalue weighted by Gasteiger charge is -2.23. The van der Waals surface area contributed by atoms with E-state index in [2.05, 4.69) is 31.8 Å². The molecular weight excluding hydrogens is 216 g/mol. The SMILES string of the molecule is CN1CCn2c(nc3cc(N=NN)ccc32)C1. The zero-order valence-corrected chi connectivity index (χ0v) is 9.67. The zero-order chi connectivity index (χ0) is 11.8. The number of nitrogens with two attached hydrogens (primary N) is 1. The molecule has 0 saturated heterocycles. The molecule has 2 heterocycles. The largest absolute Gasteiger partial charge is 0.326 e. The van der Waals surface area contributed by atoms with E-state index in [0.717, 1.165) is 42.2 Å². The number of hydrogen-bond donors (Lipinski definition) is 1. The number of hydrogen-bond acceptors (Lipinski definition) is 4. The van der Waals surface area contributed by atoms with Crippen LogP contribution in [0.4, 0.5) is 5.69 Å². The molecule has 0 fully saturated rings. The first-order chi connectivity index (χ1) is 8.28. The van der Waals surface area contributed by atoms with Crippen LogP contribution in [-0.4, -0.2) is 28.0 Å². The number of aromatic nitrogens is 2. The Morgan fingerprint density at radius 2 is 2.24 bits per heavy atom. The number of benzene rings is 1. The minimum absolute atomic E-state index is 0.740. The van der Waals surface area contributed by atoms with E-state index >= 15 is 0 Å². The van der Waals surface area contributed by atoms with Crippen LogP contribution in [0.2, 0.25) is 0 Å². The predicted octanol–water partition coefficient (Wildman–Crippen LogP) is 1.44. The van der Waals surface area contributed by atoms with Crippen molar-refractivity contribution in [3.63, 3.8) is 0 Å². The van der Waals surface area contributed by atoms with Crippen molar-refractivity contribution in [2.75, 3.05) is 13.6 Å².